The molecule has 2 aromatic carbocycles. The quantitative estimate of drug-likeness (QED) is 0.353. The summed E-state index contributed by atoms with van der Waals surface area (Å²) in [5, 5.41) is 8.41. The second-order valence-electron chi connectivity index (χ2n) is 7.25. The van der Waals surface area contributed by atoms with Crippen LogP contribution in [0, 0.1) is 0 Å². The summed E-state index contributed by atoms with van der Waals surface area (Å²) >= 11 is 7.39. The number of nitrogens with one attached hydrogen (secondary N) is 1. The minimum atomic E-state index is -0.410. The molecule has 0 bridgehead atoms. The highest BCUT2D eigenvalue weighted by molar-refractivity contribution is 7.98. The van der Waals surface area contributed by atoms with Gasteiger partial charge in [-0.05, 0) is 35.4 Å². The van der Waals surface area contributed by atoms with Crippen LogP contribution in [0.5, 0.6) is 11.5 Å². The van der Waals surface area contributed by atoms with Crippen molar-refractivity contribution in [3.8, 4) is 11.5 Å². The fourth-order valence-electron chi connectivity index (χ4n) is 3.25. The maximum Gasteiger partial charge on any atom is 0.350 e. The van der Waals surface area contributed by atoms with Gasteiger partial charge in [-0.15, -0.1) is 5.10 Å². The van der Waals surface area contributed by atoms with E-state index in [4.69, 9.17) is 21.1 Å². The monoisotopic (exact) mass is 499 g/mol. The van der Waals surface area contributed by atoms with Gasteiger partial charge >= 0.3 is 5.69 Å². The Morgan fingerprint density at radius 2 is 1.82 bits per heavy atom. The van der Waals surface area contributed by atoms with Crippen LogP contribution < -0.4 is 20.5 Å². The van der Waals surface area contributed by atoms with Crippen molar-refractivity contribution in [3.05, 3.63) is 81.5 Å². The van der Waals surface area contributed by atoms with Gasteiger partial charge in [0.25, 0.3) is 0 Å². The lowest BCUT2D eigenvalue weighted by Gasteiger charge is -2.10. The lowest BCUT2D eigenvalue weighted by atomic mass is 10.2. The van der Waals surface area contributed by atoms with Gasteiger partial charge in [0.1, 0.15) is 11.6 Å². The number of fused-ring (bicyclic) bond motifs is 1. The third-order valence-electron chi connectivity index (χ3n) is 4.99. The Hall–Kier alpha value is -3.50. The van der Waals surface area contributed by atoms with Gasteiger partial charge in [-0.25, -0.2) is 18.9 Å². The van der Waals surface area contributed by atoms with Crippen molar-refractivity contribution in [2.45, 2.75) is 23.9 Å². The van der Waals surface area contributed by atoms with Gasteiger partial charge in [-0.2, -0.15) is 0 Å². The van der Waals surface area contributed by atoms with Gasteiger partial charge in [0, 0.05) is 29.7 Å². The van der Waals surface area contributed by atoms with Gasteiger partial charge in [0.2, 0.25) is 5.91 Å². The molecule has 11 heteroatoms. The maximum atomic E-state index is 12.8. The summed E-state index contributed by atoms with van der Waals surface area (Å²) < 4.78 is 13.0. The molecule has 0 spiro atoms. The van der Waals surface area contributed by atoms with Crippen molar-refractivity contribution in [1.82, 2.24) is 24.5 Å². The van der Waals surface area contributed by atoms with Crippen molar-refractivity contribution in [2.75, 3.05) is 14.2 Å². The lowest BCUT2D eigenvalue weighted by Crippen LogP contribution is -2.32. The highest BCUT2D eigenvalue weighted by atomic mass is 35.5. The number of hydrogen-bond acceptors (Lipinski definition) is 7. The van der Waals surface area contributed by atoms with E-state index in [1.54, 1.807) is 32.5 Å². The molecule has 0 saturated carbocycles. The van der Waals surface area contributed by atoms with Gasteiger partial charge in [0.15, 0.2) is 17.1 Å². The number of thioether (sulfide) groups is 1. The normalized spacial score (nSPS) is 10.9. The number of ether oxygens (including phenoxy) is 2. The van der Waals surface area contributed by atoms with E-state index in [0.717, 1.165) is 15.8 Å². The number of halogens is 1. The van der Waals surface area contributed by atoms with Crippen LogP contribution in [0.15, 0.2) is 64.7 Å². The molecule has 0 fully saturated rings. The Kier molecular flexibility index (Phi) is 7.39. The van der Waals surface area contributed by atoms with E-state index >= 15 is 0 Å². The highest BCUT2D eigenvalue weighted by Crippen LogP contribution is 2.27. The number of amides is 1. The molecule has 0 atom stereocenters. The van der Waals surface area contributed by atoms with Crippen LogP contribution in [-0.4, -0.2) is 39.3 Å². The molecule has 4 aromatic rings. The van der Waals surface area contributed by atoms with Crippen LogP contribution in [0.3, 0.4) is 0 Å². The van der Waals surface area contributed by atoms with Gasteiger partial charge in [-0.3, -0.25) is 4.79 Å². The van der Waals surface area contributed by atoms with E-state index in [1.807, 2.05) is 30.3 Å². The van der Waals surface area contributed by atoms with E-state index in [1.165, 1.54) is 22.4 Å². The summed E-state index contributed by atoms with van der Waals surface area (Å²) in [6.07, 6.45) is 3.08. The number of benzene rings is 2. The zero-order chi connectivity index (χ0) is 24.1. The second kappa shape index (κ2) is 10.6. The zero-order valence-corrected chi connectivity index (χ0v) is 20.1. The molecular formula is C23H22ClN5O4S. The fourth-order valence-corrected chi connectivity index (χ4v) is 4.27. The second-order valence-corrected chi connectivity index (χ2v) is 8.65. The first-order chi connectivity index (χ1) is 16.5. The number of aromatic nitrogens is 4. The van der Waals surface area contributed by atoms with Crippen molar-refractivity contribution in [2.24, 2.45) is 0 Å². The third-order valence-corrected chi connectivity index (χ3v) is 6.28. The third kappa shape index (κ3) is 5.35. The summed E-state index contributed by atoms with van der Waals surface area (Å²) in [6, 6.07) is 12.9. The predicted octanol–water partition coefficient (Wildman–Crippen LogP) is 3.17. The average molecular weight is 500 g/mol. The smallest absolute Gasteiger partial charge is 0.350 e. The SMILES string of the molecule is COc1ccc(CNC(=O)Cn2nc3c(SCc4ccc(Cl)cc4)nccn3c2=O)cc1OC. The lowest BCUT2D eigenvalue weighted by molar-refractivity contribution is -0.122. The Bertz CT molecular complexity index is 1370. The Balaban J connectivity index is 1.44. The van der Waals surface area contributed by atoms with Gasteiger partial charge in [-0.1, -0.05) is 41.6 Å². The number of hydrogen-bond donors (Lipinski definition) is 1. The molecule has 0 unspecified atom stereocenters. The molecular weight excluding hydrogens is 478 g/mol. The fraction of sp³-hybridized carbons (Fsp3) is 0.217. The number of carbonyl (C=O) groups excluding carboxylic acids is 1. The van der Waals surface area contributed by atoms with E-state index in [0.29, 0.717) is 32.9 Å². The van der Waals surface area contributed by atoms with Crippen LogP contribution in [0.4, 0.5) is 0 Å². The molecule has 1 amide bonds. The first-order valence-corrected chi connectivity index (χ1v) is 11.6. The topological polar surface area (TPSA) is 99.7 Å². The zero-order valence-electron chi connectivity index (χ0n) is 18.5. The predicted molar refractivity (Wildman–Crippen MR) is 130 cm³/mol. The summed E-state index contributed by atoms with van der Waals surface area (Å²) in [6.45, 7) is 0.0557. The number of carbonyl (C=O) groups is 1. The summed E-state index contributed by atoms with van der Waals surface area (Å²) in [4.78, 5) is 29.6. The number of nitrogens with zero attached hydrogens (tertiary/aromatic N) is 4. The molecule has 4 rings (SSSR count). The standard InChI is InChI=1S/C23H22ClN5O4S/c1-32-18-8-5-16(11-19(18)33-2)12-26-20(30)13-29-23(31)28-10-9-25-22(21(28)27-29)34-14-15-3-6-17(24)7-4-15/h3-11H,12-14H2,1-2H3,(H,26,30). The molecule has 0 aliphatic heterocycles. The molecule has 176 valence electrons. The average Bonchev–Trinajstić information content (AvgIpc) is 3.17. The Morgan fingerprint density at radius 1 is 1.09 bits per heavy atom. The molecule has 0 saturated heterocycles. The van der Waals surface area contributed by atoms with Crippen LogP contribution >= 0.6 is 23.4 Å². The summed E-state index contributed by atoms with van der Waals surface area (Å²) in [5.41, 5.74) is 1.89. The molecule has 1 N–H and O–H groups in total. The van der Waals surface area contributed by atoms with Crippen molar-refractivity contribution in [1.29, 1.82) is 0 Å². The Morgan fingerprint density at radius 3 is 2.56 bits per heavy atom. The molecule has 2 heterocycles. The Labute approximate surface area is 204 Å². The van der Waals surface area contributed by atoms with Crippen LogP contribution in [0.2, 0.25) is 5.02 Å². The highest BCUT2D eigenvalue weighted by Gasteiger charge is 2.15. The number of methoxy groups -OCH3 is 2. The maximum absolute atomic E-state index is 12.8. The van der Waals surface area contributed by atoms with Crippen LogP contribution in [0.25, 0.3) is 5.65 Å². The molecule has 34 heavy (non-hydrogen) atoms. The molecule has 0 aliphatic carbocycles. The number of rotatable bonds is 9. The van der Waals surface area contributed by atoms with E-state index < -0.39 is 5.69 Å². The minimum Gasteiger partial charge on any atom is -0.493 e. The van der Waals surface area contributed by atoms with Gasteiger partial charge in [0.05, 0.1) is 14.2 Å². The van der Waals surface area contributed by atoms with Gasteiger partial charge < -0.3 is 14.8 Å². The van der Waals surface area contributed by atoms with E-state index in [-0.39, 0.29) is 19.0 Å². The molecule has 0 radical (unpaired) electrons. The first-order valence-electron chi connectivity index (χ1n) is 10.3. The molecule has 0 aliphatic rings. The van der Waals surface area contributed by atoms with Crippen molar-refractivity contribution < 1.29 is 14.3 Å². The van der Waals surface area contributed by atoms with Crippen molar-refractivity contribution in [3.63, 3.8) is 0 Å². The molecule has 2 aromatic heterocycles. The van der Waals surface area contributed by atoms with Crippen LogP contribution in [0.1, 0.15) is 11.1 Å². The summed E-state index contributed by atoms with van der Waals surface area (Å²) in [7, 11) is 3.11. The van der Waals surface area contributed by atoms with Crippen LogP contribution in [-0.2, 0) is 23.6 Å². The largest absolute Gasteiger partial charge is 0.493 e. The van der Waals surface area contributed by atoms with Crippen molar-refractivity contribution >= 4 is 34.9 Å². The minimum absolute atomic E-state index is 0.213. The summed E-state index contributed by atoms with van der Waals surface area (Å²) in [5.74, 6) is 1.47. The molecule has 9 nitrogen and oxygen atoms in total. The van der Waals surface area contributed by atoms with E-state index in [9.17, 15) is 9.59 Å². The van der Waals surface area contributed by atoms with E-state index in [2.05, 4.69) is 15.4 Å². The first kappa shape index (κ1) is 23.7.